The van der Waals surface area contributed by atoms with Crippen molar-refractivity contribution < 1.29 is 9.90 Å². The van der Waals surface area contributed by atoms with Crippen molar-refractivity contribution >= 4 is 17.6 Å². The molecule has 1 aromatic heterocycles. The number of aromatic nitrogens is 1. The van der Waals surface area contributed by atoms with Gasteiger partial charge in [0.25, 0.3) is 0 Å². The lowest BCUT2D eigenvalue weighted by molar-refractivity contribution is 0.0697. The summed E-state index contributed by atoms with van der Waals surface area (Å²) in [6.45, 7) is 0. The Balaban J connectivity index is 2.65. The molecule has 0 saturated carbocycles. The predicted octanol–water partition coefficient (Wildman–Crippen LogP) is 3.10. The van der Waals surface area contributed by atoms with E-state index in [1.807, 2.05) is 0 Å². The first kappa shape index (κ1) is 10.6. The molecule has 1 N–H and O–H groups in total. The van der Waals surface area contributed by atoms with Crippen LogP contribution < -0.4 is 0 Å². The molecule has 0 atom stereocenters. The van der Waals surface area contributed by atoms with Gasteiger partial charge in [0.05, 0.1) is 16.3 Å². The van der Waals surface area contributed by atoms with E-state index in [1.54, 1.807) is 36.5 Å². The molecule has 1 aromatic carbocycles. The number of aromatic carboxylic acids is 1. The number of carbonyl (C=O) groups is 1. The quantitative estimate of drug-likeness (QED) is 0.867. The van der Waals surface area contributed by atoms with E-state index in [4.69, 9.17) is 16.7 Å². The minimum absolute atomic E-state index is 0.197. The molecule has 3 nitrogen and oxygen atoms in total. The Morgan fingerprint density at radius 3 is 2.62 bits per heavy atom. The van der Waals surface area contributed by atoms with Crippen LogP contribution in [0.15, 0.2) is 42.6 Å². The lowest BCUT2D eigenvalue weighted by atomic mass is 10.0. The maximum atomic E-state index is 11.0. The van der Waals surface area contributed by atoms with Crippen molar-refractivity contribution in [3.63, 3.8) is 0 Å². The van der Waals surface area contributed by atoms with Crippen LogP contribution in [0.3, 0.4) is 0 Å². The highest BCUT2D eigenvalue weighted by Crippen LogP contribution is 2.27. The molecule has 0 aliphatic rings. The summed E-state index contributed by atoms with van der Waals surface area (Å²) in [5, 5.41) is 9.49. The average Bonchev–Trinajstić information content (AvgIpc) is 2.29. The second-order valence-electron chi connectivity index (χ2n) is 3.18. The van der Waals surface area contributed by atoms with Gasteiger partial charge in [0.1, 0.15) is 0 Å². The molecule has 0 fully saturated rings. The molecule has 2 aromatic rings. The fourth-order valence-corrected chi connectivity index (χ4v) is 1.68. The highest BCUT2D eigenvalue weighted by atomic mass is 35.5. The van der Waals surface area contributed by atoms with E-state index in [0.29, 0.717) is 16.3 Å². The number of hydrogen-bond donors (Lipinski definition) is 1. The van der Waals surface area contributed by atoms with Gasteiger partial charge in [-0.1, -0.05) is 29.8 Å². The zero-order valence-electron chi connectivity index (χ0n) is 8.22. The first-order valence-electron chi connectivity index (χ1n) is 4.63. The molecule has 0 radical (unpaired) electrons. The third-order valence-electron chi connectivity index (χ3n) is 2.17. The lowest BCUT2D eigenvalue weighted by Gasteiger charge is -2.06. The van der Waals surface area contributed by atoms with Crippen molar-refractivity contribution in [1.82, 2.24) is 4.98 Å². The van der Waals surface area contributed by atoms with Crippen LogP contribution >= 0.6 is 11.6 Å². The second-order valence-corrected chi connectivity index (χ2v) is 3.59. The Bertz CT molecular complexity index is 540. The summed E-state index contributed by atoms with van der Waals surface area (Å²) < 4.78 is 0. The summed E-state index contributed by atoms with van der Waals surface area (Å²) in [5.41, 5.74) is 1.21. The van der Waals surface area contributed by atoms with Crippen molar-refractivity contribution in [2.75, 3.05) is 0 Å². The summed E-state index contributed by atoms with van der Waals surface area (Å²) in [6.07, 6.45) is 1.58. The van der Waals surface area contributed by atoms with Crippen molar-refractivity contribution in [2.24, 2.45) is 0 Å². The SMILES string of the molecule is O=C(O)c1ccccc1-c1ncccc1Cl. The molecule has 0 saturated heterocycles. The van der Waals surface area contributed by atoms with Gasteiger partial charge in [-0.05, 0) is 18.2 Å². The summed E-state index contributed by atoms with van der Waals surface area (Å²) in [4.78, 5) is 15.1. The molecule has 16 heavy (non-hydrogen) atoms. The lowest BCUT2D eigenvalue weighted by Crippen LogP contribution is -2.00. The molecule has 0 aliphatic carbocycles. The molecule has 1 heterocycles. The average molecular weight is 234 g/mol. The molecule has 0 unspecified atom stereocenters. The number of carboxylic acid groups (broad SMARTS) is 1. The zero-order valence-corrected chi connectivity index (χ0v) is 8.98. The molecule has 0 bridgehead atoms. The fourth-order valence-electron chi connectivity index (χ4n) is 1.46. The molecule has 0 amide bonds. The maximum Gasteiger partial charge on any atom is 0.336 e. The van der Waals surface area contributed by atoms with Crippen LogP contribution in [-0.4, -0.2) is 16.1 Å². The third kappa shape index (κ3) is 1.90. The van der Waals surface area contributed by atoms with Gasteiger partial charge in [-0.3, -0.25) is 4.98 Å². The van der Waals surface area contributed by atoms with Crippen LogP contribution in [0.25, 0.3) is 11.3 Å². The first-order valence-corrected chi connectivity index (χ1v) is 5.01. The second kappa shape index (κ2) is 4.33. The number of carboxylic acids is 1. The zero-order chi connectivity index (χ0) is 11.5. The van der Waals surface area contributed by atoms with Gasteiger partial charge in [0, 0.05) is 11.8 Å². The standard InChI is InChI=1S/C12H8ClNO2/c13-10-6-3-7-14-11(10)8-4-1-2-5-9(8)12(15)16/h1-7H,(H,15,16). The van der Waals surface area contributed by atoms with Crippen LogP contribution in [0.2, 0.25) is 5.02 Å². The molecular weight excluding hydrogens is 226 g/mol. The van der Waals surface area contributed by atoms with Gasteiger partial charge in [-0.25, -0.2) is 4.79 Å². The van der Waals surface area contributed by atoms with Crippen LogP contribution in [0.5, 0.6) is 0 Å². The van der Waals surface area contributed by atoms with Gasteiger partial charge in [0.2, 0.25) is 0 Å². The van der Waals surface area contributed by atoms with E-state index in [2.05, 4.69) is 4.98 Å². The van der Waals surface area contributed by atoms with Gasteiger partial charge in [0.15, 0.2) is 0 Å². The van der Waals surface area contributed by atoms with Crippen molar-refractivity contribution in [3.05, 3.63) is 53.2 Å². The molecular formula is C12H8ClNO2. The summed E-state index contributed by atoms with van der Waals surface area (Å²) in [7, 11) is 0. The van der Waals surface area contributed by atoms with Crippen molar-refractivity contribution in [2.45, 2.75) is 0 Å². The Hall–Kier alpha value is -1.87. The predicted molar refractivity (Wildman–Crippen MR) is 61.6 cm³/mol. The normalized spacial score (nSPS) is 10.1. The van der Waals surface area contributed by atoms with E-state index in [0.717, 1.165) is 0 Å². The van der Waals surface area contributed by atoms with E-state index in [-0.39, 0.29) is 5.56 Å². The van der Waals surface area contributed by atoms with Crippen LogP contribution in [0.4, 0.5) is 0 Å². The monoisotopic (exact) mass is 233 g/mol. The Kier molecular flexibility index (Phi) is 2.88. The minimum Gasteiger partial charge on any atom is -0.478 e. The Morgan fingerprint density at radius 2 is 1.94 bits per heavy atom. The molecule has 80 valence electrons. The van der Waals surface area contributed by atoms with Crippen molar-refractivity contribution in [1.29, 1.82) is 0 Å². The van der Waals surface area contributed by atoms with Crippen LogP contribution in [-0.2, 0) is 0 Å². The molecule has 2 rings (SSSR count). The largest absolute Gasteiger partial charge is 0.478 e. The first-order chi connectivity index (χ1) is 7.70. The molecule has 0 spiro atoms. The number of halogens is 1. The summed E-state index contributed by atoms with van der Waals surface area (Å²) >= 11 is 5.98. The molecule has 4 heteroatoms. The van der Waals surface area contributed by atoms with Gasteiger partial charge < -0.3 is 5.11 Å². The number of nitrogens with zero attached hydrogens (tertiary/aromatic N) is 1. The van der Waals surface area contributed by atoms with E-state index >= 15 is 0 Å². The maximum absolute atomic E-state index is 11.0. The van der Waals surface area contributed by atoms with E-state index in [9.17, 15) is 4.79 Å². The van der Waals surface area contributed by atoms with Crippen LogP contribution in [0.1, 0.15) is 10.4 Å². The highest BCUT2D eigenvalue weighted by Gasteiger charge is 2.13. The fraction of sp³-hybridized carbons (Fsp3) is 0. The number of benzene rings is 1. The topological polar surface area (TPSA) is 50.2 Å². The Morgan fingerprint density at radius 1 is 1.19 bits per heavy atom. The Labute approximate surface area is 97.3 Å². The molecule has 0 aliphatic heterocycles. The number of pyridine rings is 1. The van der Waals surface area contributed by atoms with Crippen LogP contribution in [0, 0.1) is 0 Å². The van der Waals surface area contributed by atoms with E-state index in [1.165, 1.54) is 6.07 Å². The highest BCUT2D eigenvalue weighted by molar-refractivity contribution is 6.33. The minimum atomic E-state index is -0.989. The van der Waals surface area contributed by atoms with E-state index < -0.39 is 5.97 Å². The summed E-state index contributed by atoms with van der Waals surface area (Å²) in [6, 6.07) is 10.0. The smallest absolute Gasteiger partial charge is 0.336 e. The van der Waals surface area contributed by atoms with Gasteiger partial charge in [-0.15, -0.1) is 0 Å². The summed E-state index contributed by atoms with van der Waals surface area (Å²) in [5.74, 6) is -0.989. The van der Waals surface area contributed by atoms with Crippen molar-refractivity contribution in [3.8, 4) is 11.3 Å². The number of rotatable bonds is 2. The number of hydrogen-bond acceptors (Lipinski definition) is 2. The van der Waals surface area contributed by atoms with Gasteiger partial charge in [-0.2, -0.15) is 0 Å². The third-order valence-corrected chi connectivity index (χ3v) is 2.48. The van der Waals surface area contributed by atoms with Gasteiger partial charge >= 0.3 is 5.97 Å².